The first-order chi connectivity index (χ1) is 6.29. The number of nitrogens with zero attached hydrogens (tertiary/aromatic N) is 2. The van der Waals surface area contributed by atoms with Gasteiger partial charge in [0.1, 0.15) is 0 Å². The number of benzene rings is 1. The Kier molecular flexibility index (Phi) is 2.33. The van der Waals surface area contributed by atoms with Crippen molar-refractivity contribution in [2.45, 2.75) is 0 Å². The van der Waals surface area contributed by atoms with E-state index < -0.39 is 0 Å². The minimum absolute atomic E-state index is 0.584. The lowest BCUT2D eigenvalue weighted by Crippen LogP contribution is -1.76. The summed E-state index contributed by atoms with van der Waals surface area (Å²) in [5.41, 5.74) is 0. The Morgan fingerprint density at radius 2 is 2.08 bits per heavy atom. The minimum atomic E-state index is 0.584. The van der Waals surface area contributed by atoms with Crippen LogP contribution in [0.1, 0.15) is 0 Å². The molecule has 0 N–H and O–H groups in total. The molecule has 13 heavy (non-hydrogen) atoms. The van der Waals surface area contributed by atoms with Crippen LogP contribution in [-0.2, 0) is 12.4 Å². The van der Waals surface area contributed by atoms with Gasteiger partial charge in [0.25, 0.3) is 0 Å². The van der Waals surface area contributed by atoms with Crippen LogP contribution >= 0.6 is 15.9 Å². The first-order valence-electron chi connectivity index (χ1n) is 3.68. The third-order valence-corrected chi connectivity index (χ3v) is 2.44. The Labute approximate surface area is 89.3 Å². The zero-order valence-corrected chi connectivity index (χ0v) is 8.97. The molecule has 4 heteroatoms. The molecule has 0 aliphatic heterocycles. The van der Waals surface area contributed by atoms with Crippen LogP contribution in [-0.4, -0.2) is 4.98 Å². The maximum absolute atomic E-state index is 4.57. The van der Waals surface area contributed by atoms with Crippen molar-refractivity contribution in [2.75, 3.05) is 0 Å². The number of hydrogen-bond acceptors (Lipinski definition) is 3. The molecule has 2 rings (SSSR count). The van der Waals surface area contributed by atoms with Crippen LogP contribution in [0.15, 0.2) is 39.3 Å². The Hall–Kier alpha value is -0.870. The minimum Gasteiger partial charge on any atom is -0.236 e. The molecule has 1 aromatic carbocycles. The fraction of sp³-hybridized carbons (Fsp3) is 0. The average Bonchev–Trinajstić information content (AvgIpc) is 2.16. The first-order valence-corrected chi connectivity index (χ1v) is 4.84. The lowest BCUT2D eigenvalue weighted by atomic mass is 10.2. The molecule has 0 saturated heterocycles. The molecule has 0 aliphatic carbocycles. The van der Waals surface area contributed by atoms with E-state index in [9.17, 15) is 0 Å². The van der Waals surface area contributed by atoms with E-state index >= 15 is 0 Å². The lowest BCUT2D eigenvalue weighted by Gasteiger charge is -1.98. The van der Waals surface area contributed by atoms with Gasteiger partial charge in [0.15, 0.2) is 5.82 Å². The molecule has 2 nitrogen and oxygen atoms in total. The van der Waals surface area contributed by atoms with E-state index in [1.807, 2.05) is 24.3 Å². The van der Waals surface area contributed by atoms with E-state index in [2.05, 4.69) is 37.7 Å². The second-order valence-electron chi connectivity index (χ2n) is 2.63. The van der Waals surface area contributed by atoms with Gasteiger partial charge >= 0.3 is 0 Å². The normalized spacial score (nSPS) is 10.2. The van der Waals surface area contributed by atoms with Crippen LogP contribution < -0.4 is 0 Å². The van der Waals surface area contributed by atoms with Gasteiger partial charge in [-0.05, 0) is 23.6 Å². The molecule has 0 atom stereocenters. The number of rotatable bonds is 1. The van der Waals surface area contributed by atoms with Gasteiger partial charge in [-0.25, -0.2) is 4.98 Å². The summed E-state index contributed by atoms with van der Waals surface area (Å²) in [6.45, 7) is 0. The molecule has 0 aliphatic rings. The van der Waals surface area contributed by atoms with Gasteiger partial charge in [-0.2, -0.15) is 4.36 Å². The van der Waals surface area contributed by atoms with Crippen molar-refractivity contribution in [1.82, 2.24) is 4.98 Å². The van der Waals surface area contributed by atoms with E-state index in [4.69, 9.17) is 0 Å². The number of hydrogen-bond donors (Lipinski definition) is 0. The van der Waals surface area contributed by atoms with Crippen LogP contribution in [0.5, 0.6) is 0 Å². The summed E-state index contributed by atoms with van der Waals surface area (Å²) in [5.74, 6) is 0.584. The van der Waals surface area contributed by atoms with Crippen LogP contribution in [0.3, 0.4) is 0 Å². The molecule has 0 radical (unpaired) electrons. The van der Waals surface area contributed by atoms with Gasteiger partial charge in [-0.15, -0.1) is 0 Å². The Balaban J connectivity index is 2.74. The van der Waals surface area contributed by atoms with E-state index in [0.29, 0.717) is 5.82 Å². The van der Waals surface area contributed by atoms with Crippen molar-refractivity contribution in [3.05, 3.63) is 34.9 Å². The Morgan fingerprint density at radius 1 is 1.23 bits per heavy atom. The number of aromatic nitrogens is 1. The van der Waals surface area contributed by atoms with Gasteiger partial charge < -0.3 is 0 Å². The number of halogens is 1. The molecule has 64 valence electrons. The monoisotopic (exact) mass is 252 g/mol. The molecule has 1 heterocycles. The third-order valence-electron chi connectivity index (χ3n) is 1.76. The van der Waals surface area contributed by atoms with Gasteiger partial charge in [-0.3, -0.25) is 0 Å². The standard InChI is InChI=1S/C9H5BrN2S/c10-8-2-1-6-5-11-9(12-13)4-7(6)3-8/h1-5H. The lowest BCUT2D eigenvalue weighted by molar-refractivity contribution is 1.32. The molecule has 2 aromatic rings. The molecule has 0 fully saturated rings. The van der Waals surface area contributed by atoms with Crippen molar-refractivity contribution in [3.8, 4) is 0 Å². The van der Waals surface area contributed by atoms with Gasteiger partial charge in [0.05, 0.1) is 0 Å². The summed E-state index contributed by atoms with van der Waals surface area (Å²) in [6, 6.07) is 7.86. The number of pyridine rings is 1. The van der Waals surface area contributed by atoms with E-state index in [-0.39, 0.29) is 0 Å². The second kappa shape index (κ2) is 3.47. The number of fused-ring (bicyclic) bond motifs is 1. The quantitative estimate of drug-likeness (QED) is 0.778. The van der Waals surface area contributed by atoms with Crippen LogP contribution in [0.4, 0.5) is 5.82 Å². The molecule has 0 bridgehead atoms. The maximum atomic E-state index is 4.57. The van der Waals surface area contributed by atoms with Crippen molar-refractivity contribution in [3.63, 3.8) is 0 Å². The predicted octanol–water partition coefficient (Wildman–Crippen LogP) is 3.36. The van der Waals surface area contributed by atoms with E-state index in [1.165, 1.54) is 0 Å². The highest BCUT2D eigenvalue weighted by atomic mass is 79.9. The van der Waals surface area contributed by atoms with Crippen LogP contribution in [0.2, 0.25) is 0 Å². The summed E-state index contributed by atoms with van der Waals surface area (Å²) in [7, 11) is 0. The smallest absolute Gasteiger partial charge is 0.166 e. The SMILES string of the molecule is S=Nc1cc2cc(Br)ccc2cn1. The second-order valence-corrected chi connectivity index (χ2v) is 3.72. The van der Waals surface area contributed by atoms with Gasteiger partial charge in [0.2, 0.25) is 0 Å². The molecular formula is C9H5BrN2S. The summed E-state index contributed by atoms with van der Waals surface area (Å²) < 4.78 is 4.65. The molecular weight excluding hydrogens is 248 g/mol. The maximum Gasteiger partial charge on any atom is 0.166 e. The molecule has 0 amide bonds. The van der Waals surface area contributed by atoms with Crippen molar-refractivity contribution in [2.24, 2.45) is 4.36 Å². The summed E-state index contributed by atoms with van der Waals surface area (Å²) in [4.78, 5) is 4.07. The van der Waals surface area contributed by atoms with Crippen LogP contribution in [0, 0.1) is 0 Å². The fourth-order valence-corrected chi connectivity index (χ4v) is 1.63. The Bertz CT molecular complexity index is 470. The highest BCUT2D eigenvalue weighted by molar-refractivity contribution is 9.10. The molecule has 0 saturated carbocycles. The van der Waals surface area contributed by atoms with Crippen molar-refractivity contribution >= 4 is 44.9 Å². The van der Waals surface area contributed by atoms with Crippen molar-refractivity contribution in [1.29, 1.82) is 0 Å². The van der Waals surface area contributed by atoms with E-state index in [1.54, 1.807) is 6.20 Å². The third kappa shape index (κ3) is 1.73. The highest BCUT2D eigenvalue weighted by Crippen LogP contribution is 2.21. The summed E-state index contributed by atoms with van der Waals surface area (Å²) in [5, 5.41) is 2.18. The van der Waals surface area contributed by atoms with Gasteiger partial charge in [-0.1, -0.05) is 22.0 Å². The van der Waals surface area contributed by atoms with Crippen molar-refractivity contribution < 1.29 is 0 Å². The van der Waals surface area contributed by atoms with Crippen LogP contribution in [0.25, 0.3) is 10.8 Å². The predicted molar refractivity (Wildman–Crippen MR) is 58.9 cm³/mol. The molecule has 0 unspecified atom stereocenters. The largest absolute Gasteiger partial charge is 0.236 e. The zero-order valence-electron chi connectivity index (χ0n) is 6.57. The topological polar surface area (TPSA) is 25.2 Å². The summed E-state index contributed by atoms with van der Waals surface area (Å²) in [6.07, 6.45) is 1.77. The highest BCUT2D eigenvalue weighted by Gasteiger charge is 1.96. The zero-order chi connectivity index (χ0) is 9.26. The first kappa shape index (κ1) is 8.72. The fourth-order valence-electron chi connectivity index (χ4n) is 1.15. The molecule has 0 spiro atoms. The average molecular weight is 253 g/mol. The Morgan fingerprint density at radius 3 is 2.85 bits per heavy atom. The van der Waals surface area contributed by atoms with Gasteiger partial charge in [0, 0.05) is 28.5 Å². The summed E-state index contributed by atoms with van der Waals surface area (Å²) >= 11 is 7.97. The molecule has 1 aromatic heterocycles. The van der Waals surface area contributed by atoms with E-state index in [0.717, 1.165) is 15.2 Å².